The zero-order valence-corrected chi connectivity index (χ0v) is 16.6. The molecule has 1 aromatic rings. The predicted octanol–water partition coefficient (Wildman–Crippen LogP) is 4.17. The summed E-state index contributed by atoms with van der Waals surface area (Å²) in [6.45, 7) is 8.07. The van der Waals surface area contributed by atoms with Gasteiger partial charge in [0.05, 0.1) is 14.2 Å². The van der Waals surface area contributed by atoms with Crippen LogP contribution in [0.4, 0.5) is 0 Å². The Hall–Kier alpha value is -0.740. The van der Waals surface area contributed by atoms with Gasteiger partial charge in [-0.1, -0.05) is 20.3 Å². The minimum absolute atomic E-state index is 0. The maximum atomic E-state index is 5.75. The Balaban J connectivity index is 0.00000192. The van der Waals surface area contributed by atoms with Crippen LogP contribution in [0.2, 0.25) is 0 Å². The first kappa shape index (κ1) is 18.6. The molecule has 1 atom stereocenters. The molecule has 130 valence electrons. The zero-order valence-electron chi connectivity index (χ0n) is 14.9. The third kappa shape index (κ3) is 3.39. The highest BCUT2D eigenvalue weighted by Gasteiger charge is 2.31. The number of hydrogen-bond donors (Lipinski definition) is 0. The first-order valence-electron chi connectivity index (χ1n) is 8.69. The molecule has 3 nitrogen and oxygen atoms in total. The lowest BCUT2D eigenvalue weighted by atomic mass is 9.90. The summed E-state index contributed by atoms with van der Waals surface area (Å²) in [7, 11) is 3.56. The summed E-state index contributed by atoms with van der Waals surface area (Å²) in [6, 6.07) is 0. The van der Waals surface area contributed by atoms with Crippen molar-refractivity contribution in [2.24, 2.45) is 5.92 Å². The minimum Gasteiger partial charge on any atom is -0.493 e. The lowest BCUT2D eigenvalue weighted by Gasteiger charge is -2.33. The summed E-state index contributed by atoms with van der Waals surface area (Å²) >= 11 is 0. The van der Waals surface area contributed by atoms with E-state index in [0.717, 1.165) is 43.3 Å². The topological polar surface area (TPSA) is 21.7 Å². The van der Waals surface area contributed by atoms with Crippen molar-refractivity contribution >= 4 is 17.0 Å². The summed E-state index contributed by atoms with van der Waals surface area (Å²) in [5, 5.41) is 0. The van der Waals surface area contributed by atoms with Crippen molar-refractivity contribution in [2.75, 3.05) is 27.3 Å². The van der Waals surface area contributed by atoms with Gasteiger partial charge in [-0.15, -0.1) is 17.0 Å². The van der Waals surface area contributed by atoms with Crippen LogP contribution in [0, 0.1) is 5.92 Å². The van der Waals surface area contributed by atoms with Crippen molar-refractivity contribution in [3.8, 4) is 11.5 Å². The van der Waals surface area contributed by atoms with E-state index in [0.29, 0.717) is 0 Å². The third-order valence-corrected chi connectivity index (χ3v) is 5.44. The largest absolute Gasteiger partial charge is 0.493 e. The van der Waals surface area contributed by atoms with E-state index in [4.69, 9.17) is 9.47 Å². The Morgan fingerprint density at radius 2 is 1.57 bits per heavy atom. The first-order chi connectivity index (χ1) is 10.7. The molecule has 0 aromatic heterocycles. The highest BCUT2D eigenvalue weighted by atomic mass is 79.9. The van der Waals surface area contributed by atoms with Gasteiger partial charge in [0.2, 0.25) is 0 Å². The molecular formula is C19H30BrNO2. The molecule has 1 aliphatic heterocycles. The predicted molar refractivity (Wildman–Crippen MR) is 100 cm³/mol. The Morgan fingerprint density at radius 3 is 2.17 bits per heavy atom. The van der Waals surface area contributed by atoms with Crippen LogP contribution in [0.3, 0.4) is 0 Å². The number of methoxy groups -OCH3 is 2. The van der Waals surface area contributed by atoms with Gasteiger partial charge in [0.25, 0.3) is 0 Å². The van der Waals surface area contributed by atoms with E-state index >= 15 is 0 Å². The van der Waals surface area contributed by atoms with Crippen molar-refractivity contribution in [1.29, 1.82) is 0 Å². The number of nitrogens with zero attached hydrogens (tertiary/aromatic N) is 1. The molecule has 1 aromatic carbocycles. The quantitative estimate of drug-likeness (QED) is 0.761. The Bertz CT molecular complexity index is 559. The summed E-state index contributed by atoms with van der Waals surface area (Å²) in [6.07, 6.45) is 5.92. The molecule has 0 saturated carbocycles. The lowest BCUT2D eigenvalue weighted by Crippen LogP contribution is -2.34. The van der Waals surface area contributed by atoms with Gasteiger partial charge in [-0.25, -0.2) is 0 Å². The number of halogens is 1. The Labute approximate surface area is 151 Å². The van der Waals surface area contributed by atoms with Crippen LogP contribution in [0.15, 0.2) is 0 Å². The van der Waals surface area contributed by atoms with E-state index in [1.807, 2.05) is 0 Å². The molecule has 1 unspecified atom stereocenters. The highest BCUT2D eigenvalue weighted by Crippen LogP contribution is 2.45. The Kier molecular flexibility index (Phi) is 6.38. The monoisotopic (exact) mass is 383 g/mol. The molecule has 1 heterocycles. The van der Waals surface area contributed by atoms with Gasteiger partial charge in [0.1, 0.15) is 0 Å². The smallest absolute Gasteiger partial charge is 0.164 e. The normalized spacial score (nSPS) is 17.9. The van der Waals surface area contributed by atoms with Crippen LogP contribution in [0.25, 0.3) is 0 Å². The van der Waals surface area contributed by atoms with Crippen LogP contribution in [-0.4, -0.2) is 32.2 Å². The van der Waals surface area contributed by atoms with Gasteiger partial charge in [-0.3, -0.25) is 4.90 Å². The molecule has 2 aliphatic rings. The van der Waals surface area contributed by atoms with Crippen LogP contribution < -0.4 is 9.47 Å². The van der Waals surface area contributed by atoms with Crippen LogP contribution >= 0.6 is 17.0 Å². The SMILES string of the molecule is Br.CCC(C)CN1CCc2c(c3c(c(OC)c2OC)CCC3)C1. The third-order valence-electron chi connectivity index (χ3n) is 5.44. The van der Waals surface area contributed by atoms with E-state index in [-0.39, 0.29) is 17.0 Å². The Morgan fingerprint density at radius 1 is 0.957 bits per heavy atom. The molecule has 0 saturated heterocycles. The molecule has 3 rings (SSSR count). The number of fused-ring (bicyclic) bond motifs is 3. The maximum Gasteiger partial charge on any atom is 0.164 e. The molecule has 1 aliphatic carbocycles. The van der Waals surface area contributed by atoms with E-state index in [9.17, 15) is 0 Å². The second-order valence-corrected chi connectivity index (χ2v) is 6.83. The van der Waals surface area contributed by atoms with Gasteiger partial charge < -0.3 is 9.47 Å². The van der Waals surface area contributed by atoms with E-state index in [1.54, 1.807) is 25.3 Å². The number of ether oxygens (including phenoxy) is 2. The zero-order chi connectivity index (χ0) is 15.7. The fourth-order valence-corrected chi connectivity index (χ4v) is 4.11. The number of benzene rings is 1. The first-order valence-corrected chi connectivity index (χ1v) is 8.69. The highest BCUT2D eigenvalue weighted by molar-refractivity contribution is 8.93. The molecule has 0 fully saturated rings. The molecule has 0 spiro atoms. The van der Waals surface area contributed by atoms with Crippen molar-refractivity contribution in [3.05, 3.63) is 22.3 Å². The number of rotatable bonds is 5. The number of hydrogen-bond acceptors (Lipinski definition) is 3. The van der Waals surface area contributed by atoms with Crippen molar-refractivity contribution in [3.63, 3.8) is 0 Å². The molecule has 4 heteroatoms. The standard InChI is InChI=1S/C19H29NO2.BrH/c1-5-13(2)11-20-10-9-16-17(12-20)14-7-6-8-15(14)18(21-3)19(16)22-4;/h13H,5-12H2,1-4H3;1H. The van der Waals surface area contributed by atoms with Gasteiger partial charge in [0, 0.05) is 30.8 Å². The summed E-state index contributed by atoms with van der Waals surface area (Å²) in [4.78, 5) is 2.63. The molecule has 23 heavy (non-hydrogen) atoms. The van der Waals surface area contributed by atoms with Crippen LogP contribution in [-0.2, 0) is 25.8 Å². The molecule has 0 bridgehead atoms. The van der Waals surface area contributed by atoms with Crippen LogP contribution in [0.1, 0.15) is 48.9 Å². The summed E-state index contributed by atoms with van der Waals surface area (Å²) in [5.74, 6) is 2.78. The van der Waals surface area contributed by atoms with Gasteiger partial charge in [-0.2, -0.15) is 0 Å². The van der Waals surface area contributed by atoms with E-state index in [2.05, 4.69) is 18.7 Å². The van der Waals surface area contributed by atoms with Gasteiger partial charge >= 0.3 is 0 Å². The van der Waals surface area contributed by atoms with Crippen molar-refractivity contribution in [2.45, 2.75) is 52.5 Å². The van der Waals surface area contributed by atoms with Gasteiger partial charge in [0.15, 0.2) is 11.5 Å². The fourth-order valence-electron chi connectivity index (χ4n) is 4.11. The summed E-state index contributed by atoms with van der Waals surface area (Å²) < 4.78 is 11.5. The fraction of sp³-hybridized carbons (Fsp3) is 0.684. The maximum absolute atomic E-state index is 5.75. The molecule has 0 N–H and O–H groups in total. The average molecular weight is 384 g/mol. The second-order valence-electron chi connectivity index (χ2n) is 6.83. The molecule has 0 radical (unpaired) electrons. The van der Waals surface area contributed by atoms with E-state index in [1.165, 1.54) is 36.9 Å². The van der Waals surface area contributed by atoms with Crippen molar-refractivity contribution < 1.29 is 9.47 Å². The second kappa shape index (κ2) is 7.89. The summed E-state index contributed by atoms with van der Waals surface area (Å²) in [5.41, 5.74) is 5.91. The molecular weight excluding hydrogens is 354 g/mol. The lowest BCUT2D eigenvalue weighted by molar-refractivity contribution is 0.214. The average Bonchev–Trinajstić information content (AvgIpc) is 3.02. The van der Waals surface area contributed by atoms with Crippen molar-refractivity contribution in [1.82, 2.24) is 4.90 Å². The minimum atomic E-state index is 0. The molecule has 0 amide bonds. The van der Waals surface area contributed by atoms with Gasteiger partial charge in [-0.05, 0) is 42.7 Å². The van der Waals surface area contributed by atoms with E-state index < -0.39 is 0 Å². The van der Waals surface area contributed by atoms with Crippen LogP contribution in [0.5, 0.6) is 11.5 Å².